The van der Waals surface area contributed by atoms with E-state index in [-0.39, 0.29) is 0 Å². The number of aromatic nitrogens is 1. The van der Waals surface area contributed by atoms with Crippen LogP contribution in [-0.4, -0.2) is 4.57 Å². The minimum atomic E-state index is 1.00. The fourth-order valence-electron chi connectivity index (χ4n) is 7.05. The maximum absolute atomic E-state index is 2.41. The lowest BCUT2D eigenvalue weighted by molar-refractivity contribution is 1.17. The Morgan fingerprint density at radius 3 is 1.79 bits per heavy atom. The molecule has 9 rings (SSSR count). The largest absolute Gasteiger partial charge is 0.309 e. The number of rotatable bonds is 3. The third-order valence-electron chi connectivity index (χ3n) is 9.27. The van der Waals surface area contributed by atoms with E-state index in [0.29, 0.717) is 0 Å². The van der Waals surface area contributed by atoms with Crippen LogP contribution in [0.3, 0.4) is 0 Å². The molecule has 0 fully saturated rings. The van der Waals surface area contributed by atoms with E-state index in [0.717, 1.165) is 6.42 Å². The van der Waals surface area contributed by atoms with Crippen LogP contribution in [0.1, 0.15) is 16.7 Å². The fourth-order valence-corrected chi connectivity index (χ4v) is 7.05. The second-order valence-electron chi connectivity index (χ2n) is 11.9. The summed E-state index contributed by atoms with van der Waals surface area (Å²) < 4.78 is 2.41. The van der Waals surface area contributed by atoms with E-state index >= 15 is 0 Å². The van der Waals surface area contributed by atoms with E-state index in [1.165, 1.54) is 88.3 Å². The lowest BCUT2D eigenvalue weighted by Crippen LogP contribution is -1.93. The molecule has 0 saturated heterocycles. The molecule has 43 heavy (non-hydrogen) atoms. The molecule has 0 N–H and O–H groups in total. The van der Waals surface area contributed by atoms with E-state index in [4.69, 9.17) is 0 Å². The third kappa shape index (κ3) is 3.86. The quantitative estimate of drug-likeness (QED) is 0.207. The number of benzene rings is 7. The molecule has 0 unspecified atom stereocenters. The van der Waals surface area contributed by atoms with Gasteiger partial charge in [0, 0.05) is 16.5 Å². The maximum Gasteiger partial charge on any atom is 0.0541 e. The Bertz CT molecular complexity index is 2370. The Balaban J connectivity index is 1.24. The predicted octanol–water partition coefficient (Wildman–Crippen LogP) is 11.2. The fraction of sp³-hybridized carbons (Fsp3) is 0.0476. The summed E-state index contributed by atoms with van der Waals surface area (Å²) in [4.78, 5) is 0. The highest BCUT2D eigenvalue weighted by atomic mass is 15.0. The first-order chi connectivity index (χ1) is 21.2. The molecule has 1 aliphatic carbocycles. The monoisotopic (exact) mass is 547 g/mol. The molecule has 1 nitrogen and oxygen atoms in total. The van der Waals surface area contributed by atoms with Gasteiger partial charge in [-0.1, -0.05) is 109 Å². The van der Waals surface area contributed by atoms with Crippen LogP contribution < -0.4 is 0 Å². The van der Waals surface area contributed by atoms with Crippen molar-refractivity contribution in [3.8, 4) is 39.1 Å². The second-order valence-corrected chi connectivity index (χ2v) is 11.9. The average molecular weight is 548 g/mol. The van der Waals surface area contributed by atoms with Gasteiger partial charge in [-0.2, -0.15) is 0 Å². The zero-order valence-electron chi connectivity index (χ0n) is 24.0. The van der Waals surface area contributed by atoms with Crippen LogP contribution in [0.4, 0.5) is 0 Å². The van der Waals surface area contributed by atoms with Gasteiger partial charge in [0.25, 0.3) is 0 Å². The smallest absolute Gasteiger partial charge is 0.0541 e. The number of fused-ring (bicyclic) bond motifs is 7. The zero-order valence-corrected chi connectivity index (χ0v) is 24.0. The molecule has 0 amide bonds. The molecule has 0 aliphatic heterocycles. The van der Waals surface area contributed by atoms with Gasteiger partial charge < -0.3 is 4.57 Å². The van der Waals surface area contributed by atoms with Crippen LogP contribution in [-0.2, 0) is 6.42 Å². The first-order valence-electron chi connectivity index (χ1n) is 15.1. The van der Waals surface area contributed by atoms with Crippen molar-refractivity contribution in [2.45, 2.75) is 13.3 Å². The Labute approximate surface area is 251 Å². The summed E-state index contributed by atoms with van der Waals surface area (Å²) in [6.45, 7) is 2.15. The van der Waals surface area contributed by atoms with E-state index < -0.39 is 0 Å². The van der Waals surface area contributed by atoms with Crippen molar-refractivity contribution >= 4 is 32.6 Å². The van der Waals surface area contributed by atoms with Crippen molar-refractivity contribution in [3.05, 3.63) is 162 Å². The van der Waals surface area contributed by atoms with Crippen LogP contribution in [0.15, 0.2) is 146 Å². The number of nitrogens with zero attached hydrogens (tertiary/aromatic N) is 1. The van der Waals surface area contributed by atoms with Gasteiger partial charge in [0.2, 0.25) is 0 Å². The minimum absolute atomic E-state index is 1.00. The predicted molar refractivity (Wildman–Crippen MR) is 182 cm³/mol. The van der Waals surface area contributed by atoms with Crippen molar-refractivity contribution in [1.29, 1.82) is 0 Å². The molecule has 1 heteroatoms. The summed E-state index contributed by atoms with van der Waals surface area (Å²) in [5, 5.41) is 5.09. The summed E-state index contributed by atoms with van der Waals surface area (Å²) in [7, 11) is 0. The molecule has 7 aromatic carbocycles. The molecule has 1 aromatic heterocycles. The minimum Gasteiger partial charge on any atom is -0.309 e. The van der Waals surface area contributed by atoms with Gasteiger partial charge >= 0.3 is 0 Å². The molecule has 1 heterocycles. The van der Waals surface area contributed by atoms with Crippen molar-refractivity contribution < 1.29 is 0 Å². The van der Waals surface area contributed by atoms with E-state index in [2.05, 4.69) is 157 Å². The highest BCUT2D eigenvalue weighted by molar-refractivity contribution is 6.11. The molecule has 8 aromatic rings. The number of hydrogen-bond acceptors (Lipinski definition) is 0. The van der Waals surface area contributed by atoms with Crippen LogP contribution in [0.2, 0.25) is 0 Å². The molecule has 202 valence electrons. The summed E-state index contributed by atoms with van der Waals surface area (Å²) in [6, 6.07) is 54.0. The first kappa shape index (κ1) is 24.2. The summed E-state index contributed by atoms with van der Waals surface area (Å²) in [6.07, 6.45) is 1.00. The van der Waals surface area contributed by atoms with Gasteiger partial charge in [-0.15, -0.1) is 0 Å². The summed E-state index contributed by atoms with van der Waals surface area (Å²) in [5.41, 5.74) is 15.5. The molecule has 0 atom stereocenters. The van der Waals surface area contributed by atoms with E-state index in [1.807, 2.05) is 0 Å². The molecule has 0 radical (unpaired) electrons. The second kappa shape index (κ2) is 9.31. The number of hydrogen-bond donors (Lipinski definition) is 0. The Morgan fingerprint density at radius 1 is 0.442 bits per heavy atom. The van der Waals surface area contributed by atoms with Gasteiger partial charge in [-0.3, -0.25) is 0 Å². The van der Waals surface area contributed by atoms with Crippen molar-refractivity contribution in [3.63, 3.8) is 0 Å². The van der Waals surface area contributed by atoms with Gasteiger partial charge in [0.05, 0.1) is 11.0 Å². The lowest BCUT2D eigenvalue weighted by atomic mass is 9.97. The van der Waals surface area contributed by atoms with Crippen LogP contribution in [0.25, 0.3) is 71.6 Å². The van der Waals surface area contributed by atoms with Crippen molar-refractivity contribution in [1.82, 2.24) is 4.57 Å². The summed E-state index contributed by atoms with van der Waals surface area (Å²) >= 11 is 0. The van der Waals surface area contributed by atoms with Crippen molar-refractivity contribution in [2.75, 3.05) is 0 Å². The molecule has 1 aliphatic rings. The van der Waals surface area contributed by atoms with E-state index in [9.17, 15) is 0 Å². The van der Waals surface area contributed by atoms with E-state index in [1.54, 1.807) is 0 Å². The number of aryl methyl sites for hydroxylation is 1. The van der Waals surface area contributed by atoms with Crippen LogP contribution in [0.5, 0.6) is 0 Å². The Morgan fingerprint density at radius 2 is 1.02 bits per heavy atom. The molecular formula is C42H29N. The topological polar surface area (TPSA) is 4.93 Å². The van der Waals surface area contributed by atoms with Gasteiger partial charge in [-0.05, 0) is 111 Å². The normalized spacial score (nSPS) is 12.2. The van der Waals surface area contributed by atoms with Gasteiger partial charge in [0.1, 0.15) is 0 Å². The molecule has 0 saturated carbocycles. The molecular weight excluding hydrogens is 518 g/mol. The molecule has 0 bridgehead atoms. The highest BCUT2D eigenvalue weighted by Gasteiger charge is 2.19. The summed E-state index contributed by atoms with van der Waals surface area (Å²) in [5.74, 6) is 0. The average Bonchev–Trinajstić information content (AvgIpc) is 3.59. The van der Waals surface area contributed by atoms with Gasteiger partial charge in [-0.25, -0.2) is 0 Å². The standard InChI is InChI=1S/C42H29N/c1-27-10-17-36(18-11-27)43-41-20-15-32(30-13-12-28-6-2-3-7-29(28)22-30)25-39(41)40-26-33(16-21-42(40)43)31-14-19-38-35(23-31)24-34-8-4-5-9-37(34)38/h2-23,25-26H,24H2,1H3. The Hall–Kier alpha value is -5.40. The Kier molecular flexibility index (Phi) is 5.24. The van der Waals surface area contributed by atoms with Gasteiger partial charge in [0.15, 0.2) is 0 Å². The van der Waals surface area contributed by atoms with Crippen LogP contribution >= 0.6 is 0 Å². The molecule has 0 spiro atoms. The van der Waals surface area contributed by atoms with Crippen LogP contribution in [0, 0.1) is 6.92 Å². The first-order valence-corrected chi connectivity index (χ1v) is 15.1. The lowest BCUT2D eigenvalue weighted by Gasteiger charge is -2.10. The highest BCUT2D eigenvalue weighted by Crippen LogP contribution is 2.41. The third-order valence-corrected chi connectivity index (χ3v) is 9.27. The van der Waals surface area contributed by atoms with Crippen molar-refractivity contribution in [2.24, 2.45) is 0 Å². The maximum atomic E-state index is 2.41. The SMILES string of the molecule is Cc1ccc(-n2c3ccc(-c4ccc5c(c4)Cc4ccccc4-5)cc3c3cc(-c4ccc5ccccc5c4)ccc32)cc1. The zero-order chi connectivity index (χ0) is 28.5.